The van der Waals surface area contributed by atoms with Crippen LogP contribution in [0.5, 0.6) is 0 Å². The van der Waals surface area contributed by atoms with E-state index in [0.717, 1.165) is 6.07 Å². The van der Waals surface area contributed by atoms with E-state index in [1.165, 1.54) is 12.1 Å². The summed E-state index contributed by atoms with van der Waals surface area (Å²) in [6, 6.07) is 4.13. The van der Waals surface area contributed by atoms with Crippen LogP contribution >= 0.6 is 0 Å². The lowest BCUT2D eigenvalue weighted by atomic mass is 10.1. The van der Waals surface area contributed by atoms with Crippen LogP contribution in [0.4, 0.5) is 4.39 Å². The van der Waals surface area contributed by atoms with Gasteiger partial charge in [-0.2, -0.15) is 0 Å². The lowest BCUT2D eigenvalue weighted by Crippen LogP contribution is -2.30. The molecule has 1 unspecified atom stereocenters. The molecule has 0 aromatic heterocycles. The molecule has 0 bridgehead atoms. The number of primary amides is 1. The van der Waals surface area contributed by atoms with Crippen molar-refractivity contribution in [3.63, 3.8) is 0 Å². The van der Waals surface area contributed by atoms with Crippen LogP contribution in [0, 0.1) is 11.7 Å². The van der Waals surface area contributed by atoms with Crippen molar-refractivity contribution in [2.24, 2.45) is 11.7 Å². The van der Waals surface area contributed by atoms with Gasteiger partial charge in [-0.1, -0.05) is 19.9 Å². The van der Waals surface area contributed by atoms with Gasteiger partial charge in [-0.15, -0.1) is 0 Å². The van der Waals surface area contributed by atoms with Crippen LogP contribution in [-0.4, -0.2) is 23.7 Å². The molecule has 4 N–H and O–H groups in total. The number of nitrogens with one attached hydrogen (secondary N) is 1. The predicted octanol–water partition coefficient (Wildman–Crippen LogP) is 1.03. The maximum absolute atomic E-state index is 13.6. The number of amides is 1. The largest absolute Gasteiger partial charge is 0.392 e. The maximum Gasteiger partial charge on any atom is 0.248 e. The van der Waals surface area contributed by atoms with Gasteiger partial charge in [-0.3, -0.25) is 4.79 Å². The molecule has 4 nitrogen and oxygen atoms in total. The third-order valence-corrected chi connectivity index (χ3v) is 2.78. The molecule has 1 rings (SSSR count). The monoisotopic (exact) mass is 254 g/mol. The molecule has 1 aromatic carbocycles. The van der Waals surface area contributed by atoms with Crippen LogP contribution in [0.3, 0.4) is 0 Å². The maximum atomic E-state index is 13.6. The normalized spacial score (nSPS) is 12.7. The first-order valence-corrected chi connectivity index (χ1v) is 5.88. The Morgan fingerprint density at radius 2 is 2.17 bits per heavy atom. The van der Waals surface area contributed by atoms with E-state index >= 15 is 0 Å². The van der Waals surface area contributed by atoms with Gasteiger partial charge in [0.1, 0.15) is 5.82 Å². The summed E-state index contributed by atoms with van der Waals surface area (Å²) in [6.07, 6.45) is -0.460. The van der Waals surface area contributed by atoms with Crippen molar-refractivity contribution in [3.8, 4) is 0 Å². The number of hydrogen-bond acceptors (Lipinski definition) is 3. The standard InChI is InChI=1S/C13H19FN2O2/c1-8(2)12(17)7-16-6-10-4-3-9(13(15)18)5-11(10)14/h3-5,8,12,16-17H,6-7H2,1-2H3,(H2,15,18). The topological polar surface area (TPSA) is 75.3 Å². The summed E-state index contributed by atoms with van der Waals surface area (Å²) in [6.45, 7) is 4.52. The van der Waals surface area contributed by atoms with E-state index in [2.05, 4.69) is 5.32 Å². The Balaban J connectivity index is 2.56. The van der Waals surface area contributed by atoms with E-state index in [4.69, 9.17) is 5.73 Å². The van der Waals surface area contributed by atoms with Gasteiger partial charge in [-0.25, -0.2) is 4.39 Å². The van der Waals surface area contributed by atoms with E-state index in [9.17, 15) is 14.3 Å². The summed E-state index contributed by atoms with van der Waals surface area (Å²) < 4.78 is 13.6. The molecule has 0 radical (unpaired) electrons. The van der Waals surface area contributed by atoms with Crippen molar-refractivity contribution in [2.45, 2.75) is 26.5 Å². The minimum absolute atomic E-state index is 0.151. The highest BCUT2D eigenvalue weighted by Crippen LogP contribution is 2.10. The van der Waals surface area contributed by atoms with Crippen molar-refractivity contribution in [1.82, 2.24) is 5.32 Å². The number of benzene rings is 1. The zero-order valence-corrected chi connectivity index (χ0v) is 10.6. The van der Waals surface area contributed by atoms with Crippen molar-refractivity contribution in [3.05, 3.63) is 35.1 Å². The lowest BCUT2D eigenvalue weighted by Gasteiger charge is -2.15. The molecule has 1 amide bonds. The fourth-order valence-corrected chi connectivity index (χ4v) is 1.43. The summed E-state index contributed by atoms with van der Waals surface area (Å²) in [5, 5.41) is 12.5. The molecule has 5 heteroatoms. The van der Waals surface area contributed by atoms with Crippen LogP contribution in [0.25, 0.3) is 0 Å². The third kappa shape index (κ3) is 4.09. The number of aliphatic hydroxyl groups is 1. The molecule has 0 aliphatic rings. The molecule has 18 heavy (non-hydrogen) atoms. The van der Waals surface area contributed by atoms with Gasteiger partial charge in [-0.05, 0) is 18.1 Å². The second kappa shape index (κ2) is 6.47. The predicted molar refractivity (Wildman–Crippen MR) is 67.5 cm³/mol. The quantitative estimate of drug-likeness (QED) is 0.709. The Morgan fingerprint density at radius 3 is 2.67 bits per heavy atom. The van der Waals surface area contributed by atoms with E-state index in [-0.39, 0.29) is 11.5 Å². The molecule has 0 spiro atoms. The Bertz CT molecular complexity index is 421. The van der Waals surface area contributed by atoms with Gasteiger partial charge in [0.2, 0.25) is 5.91 Å². The number of halogens is 1. The Labute approximate surface area is 106 Å². The van der Waals surface area contributed by atoms with E-state index < -0.39 is 17.8 Å². The van der Waals surface area contributed by atoms with E-state index in [0.29, 0.717) is 18.7 Å². The number of aliphatic hydroxyl groups excluding tert-OH is 1. The SMILES string of the molecule is CC(C)C(O)CNCc1ccc(C(N)=O)cc1F. The Kier molecular flexibility index (Phi) is 5.25. The number of carbonyl (C=O) groups is 1. The number of hydrogen-bond donors (Lipinski definition) is 3. The highest BCUT2D eigenvalue weighted by atomic mass is 19.1. The molecule has 0 saturated carbocycles. The molecule has 0 aliphatic heterocycles. The van der Waals surface area contributed by atoms with Crippen LogP contribution < -0.4 is 11.1 Å². The van der Waals surface area contributed by atoms with Crippen molar-refractivity contribution < 1.29 is 14.3 Å². The van der Waals surface area contributed by atoms with Crippen LogP contribution in [0.1, 0.15) is 29.8 Å². The van der Waals surface area contributed by atoms with Gasteiger partial charge < -0.3 is 16.2 Å². The van der Waals surface area contributed by atoms with Crippen molar-refractivity contribution in [2.75, 3.05) is 6.54 Å². The molecule has 0 heterocycles. The van der Waals surface area contributed by atoms with Crippen LogP contribution in [-0.2, 0) is 6.54 Å². The minimum atomic E-state index is -0.649. The van der Waals surface area contributed by atoms with Gasteiger partial charge in [0, 0.05) is 24.2 Å². The van der Waals surface area contributed by atoms with Gasteiger partial charge in [0.05, 0.1) is 6.10 Å². The first-order chi connectivity index (χ1) is 8.41. The van der Waals surface area contributed by atoms with Gasteiger partial charge in [0.25, 0.3) is 0 Å². The Morgan fingerprint density at radius 1 is 1.50 bits per heavy atom. The molecule has 0 fully saturated rings. The molecule has 0 saturated heterocycles. The second-order valence-electron chi connectivity index (χ2n) is 4.61. The zero-order chi connectivity index (χ0) is 13.7. The fraction of sp³-hybridized carbons (Fsp3) is 0.462. The smallest absolute Gasteiger partial charge is 0.248 e. The summed E-state index contributed by atoms with van der Waals surface area (Å²) in [4.78, 5) is 10.8. The summed E-state index contributed by atoms with van der Waals surface area (Å²) in [5.41, 5.74) is 5.64. The van der Waals surface area contributed by atoms with Crippen LogP contribution in [0.15, 0.2) is 18.2 Å². The highest BCUT2D eigenvalue weighted by molar-refractivity contribution is 5.92. The highest BCUT2D eigenvalue weighted by Gasteiger charge is 2.10. The second-order valence-corrected chi connectivity index (χ2v) is 4.61. The minimum Gasteiger partial charge on any atom is -0.392 e. The van der Waals surface area contributed by atoms with E-state index in [1.54, 1.807) is 0 Å². The molecule has 100 valence electrons. The summed E-state index contributed by atoms with van der Waals surface area (Å²) in [7, 11) is 0. The average molecular weight is 254 g/mol. The third-order valence-electron chi connectivity index (χ3n) is 2.78. The first-order valence-electron chi connectivity index (χ1n) is 5.88. The van der Waals surface area contributed by atoms with Crippen molar-refractivity contribution >= 4 is 5.91 Å². The molecule has 0 aliphatic carbocycles. The first kappa shape index (κ1) is 14.6. The number of nitrogens with two attached hydrogens (primary N) is 1. The summed E-state index contributed by atoms with van der Waals surface area (Å²) >= 11 is 0. The summed E-state index contributed by atoms with van der Waals surface area (Å²) in [5.74, 6) is -0.971. The molecule has 1 atom stereocenters. The lowest BCUT2D eigenvalue weighted by molar-refractivity contribution is 0.1000. The zero-order valence-electron chi connectivity index (χ0n) is 10.6. The van der Waals surface area contributed by atoms with E-state index in [1.807, 2.05) is 13.8 Å². The number of rotatable bonds is 6. The Hall–Kier alpha value is -1.46. The van der Waals surface area contributed by atoms with Gasteiger partial charge >= 0.3 is 0 Å². The van der Waals surface area contributed by atoms with Gasteiger partial charge in [0.15, 0.2) is 0 Å². The molecule has 1 aromatic rings. The average Bonchev–Trinajstić information content (AvgIpc) is 2.30. The molecular weight excluding hydrogens is 235 g/mol. The molecular formula is C13H19FN2O2. The van der Waals surface area contributed by atoms with Crippen LogP contribution in [0.2, 0.25) is 0 Å². The fourth-order valence-electron chi connectivity index (χ4n) is 1.43. The number of carbonyl (C=O) groups excluding carboxylic acids is 1. The van der Waals surface area contributed by atoms with Crippen molar-refractivity contribution in [1.29, 1.82) is 0 Å².